The molecule has 0 amide bonds. The monoisotopic (exact) mass is 209 g/mol. The first-order valence-electron chi connectivity index (χ1n) is 3.47. The van der Waals surface area contributed by atoms with Crippen molar-refractivity contribution < 1.29 is 27.5 Å². The second-order valence-corrected chi connectivity index (χ2v) is 2.52. The summed E-state index contributed by atoms with van der Waals surface area (Å²) in [5.74, 6) is -2.91. The largest absolute Gasteiger partial charge is 0.480 e. The molecule has 0 spiro atoms. The maximum atomic E-state index is 12.2. The maximum Gasteiger partial charge on any atom is 0.449 e. The quantitative estimate of drug-likeness (QED) is 0.771. The van der Waals surface area contributed by atoms with E-state index in [9.17, 15) is 18.0 Å². The first-order chi connectivity index (χ1) is 6.34. The fourth-order valence-electron chi connectivity index (χ4n) is 0.928. The Hall–Kier alpha value is -1.50. The predicted octanol–water partition coefficient (Wildman–Crippen LogP) is 1.38. The summed E-state index contributed by atoms with van der Waals surface area (Å²) in [5, 5.41) is 8.41. The Morgan fingerprint density at radius 2 is 2.14 bits per heavy atom. The van der Waals surface area contributed by atoms with Crippen LogP contribution in [0.4, 0.5) is 13.2 Å². The number of carboxylic acid groups (broad SMARTS) is 1. The topological polar surface area (TPSA) is 76.5 Å². The van der Waals surface area contributed by atoms with Gasteiger partial charge in [-0.25, -0.2) is 0 Å². The maximum absolute atomic E-state index is 12.2. The number of halogens is 3. The molecule has 3 N–H and O–H groups in total. The Balaban J connectivity index is 3.11. The molecule has 0 aliphatic carbocycles. The Bertz CT molecular complexity index is 344. The summed E-state index contributed by atoms with van der Waals surface area (Å²) in [6, 6.07) is -0.841. The van der Waals surface area contributed by atoms with Crippen molar-refractivity contribution >= 4 is 5.97 Å². The minimum absolute atomic E-state index is 0.579. The molecule has 0 saturated heterocycles. The molecule has 0 saturated carbocycles. The highest BCUT2D eigenvalue weighted by molar-refractivity contribution is 5.75. The van der Waals surface area contributed by atoms with Crippen LogP contribution < -0.4 is 5.73 Å². The summed E-state index contributed by atoms with van der Waals surface area (Å²) in [4.78, 5) is 10.3. The van der Waals surface area contributed by atoms with Crippen LogP contribution in [0.1, 0.15) is 17.4 Å². The van der Waals surface area contributed by atoms with Crippen LogP contribution in [-0.2, 0) is 11.0 Å². The van der Waals surface area contributed by atoms with E-state index in [1.54, 1.807) is 0 Å². The van der Waals surface area contributed by atoms with Gasteiger partial charge < -0.3 is 15.3 Å². The van der Waals surface area contributed by atoms with Gasteiger partial charge in [-0.3, -0.25) is 4.79 Å². The molecule has 0 aliphatic rings. The molecular weight excluding hydrogens is 203 g/mol. The molecule has 1 unspecified atom stereocenters. The van der Waals surface area contributed by atoms with Crippen molar-refractivity contribution in [2.24, 2.45) is 5.73 Å². The van der Waals surface area contributed by atoms with Crippen molar-refractivity contribution in [3.05, 3.63) is 23.7 Å². The summed E-state index contributed by atoms with van der Waals surface area (Å²) in [7, 11) is 0. The van der Waals surface area contributed by atoms with Crippen molar-refractivity contribution in [3.63, 3.8) is 0 Å². The van der Waals surface area contributed by atoms with Gasteiger partial charge in [0.15, 0.2) is 0 Å². The first kappa shape index (κ1) is 10.6. The highest BCUT2D eigenvalue weighted by atomic mass is 19.4. The van der Waals surface area contributed by atoms with E-state index in [1.807, 2.05) is 0 Å². The molecule has 78 valence electrons. The number of carboxylic acids is 1. The molecule has 1 rings (SSSR count). The number of hydrogen-bond donors (Lipinski definition) is 2. The van der Waals surface area contributed by atoms with Gasteiger partial charge in [-0.05, 0) is 6.07 Å². The SMILES string of the molecule is NC(C(=O)O)c1ccoc1C(F)(F)F. The molecule has 0 aliphatic heterocycles. The van der Waals surface area contributed by atoms with E-state index in [4.69, 9.17) is 10.8 Å². The normalized spacial score (nSPS) is 14.0. The molecular formula is C7H6F3NO3. The third-order valence-electron chi connectivity index (χ3n) is 1.55. The summed E-state index contributed by atoms with van der Waals surface area (Å²) >= 11 is 0. The predicted molar refractivity (Wildman–Crippen MR) is 38.3 cm³/mol. The number of carbonyl (C=O) groups is 1. The number of hydrogen-bond acceptors (Lipinski definition) is 3. The Labute approximate surface area is 76.1 Å². The zero-order chi connectivity index (χ0) is 10.9. The molecule has 0 bridgehead atoms. The molecule has 14 heavy (non-hydrogen) atoms. The van der Waals surface area contributed by atoms with Crippen molar-refractivity contribution in [2.75, 3.05) is 0 Å². The zero-order valence-corrected chi connectivity index (χ0v) is 6.71. The third kappa shape index (κ3) is 1.87. The van der Waals surface area contributed by atoms with Crippen LogP contribution in [-0.4, -0.2) is 11.1 Å². The van der Waals surface area contributed by atoms with Gasteiger partial charge in [0, 0.05) is 5.56 Å². The van der Waals surface area contributed by atoms with Gasteiger partial charge in [0.2, 0.25) is 5.76 Å². The van der Waals surface area contributed by atoms with Crippen molar-refractivity contribution in [1.29, 1.82) is 0 Å². The zero-order valence-electron chi connectivity index (χ0n) is 6.71. The van der Waals surface area contributed by atoms with Crippen LogP contribution >= 0.6 is 0 Å². The van der Waals surface area contributed by atoms with Crippen molar-refractivity contribution in [3.8, 4) is 0 Å². The molecule has 0 aromatic carbocycles. The van der Waals surface area contributed by atoms with Crippen LogP contribution in [0, 0.1) is 0 Å². The summed E-state index contributed by atoms with van der Waals surface area (Å²) < 4.78 is 40.6. The summed E-state index contributed by atoms with van der Waals surface area (Å²) in [6.45, 7) is 0. The number of rotatable bonds is 2. The Kier molecular flexibility index (Phi) is 2.52. The molecule has 1 aromatic heterocycles. The Morgan fingerprint density at radius 1 is 1.57 bits per heavy atom. The summed E-state index contributed by atoms with van der Waals surface area (Å²) in [6.07, 6.45) is -3.98. The van der Waals surface area contributed by atoms with Crippen molar-refractivity contribution in [1.82, 2.24) is 0 Å². The van der Waals surface area contributed by atoms with Crippen LogP contribution in [0.5, 0.6) is 0 Å². The average Bonchev–Trinajstić information content (AvgIpc) is 2.48. The minimum atomic E-state index is -4.73. The second kappa shape index (κ2) is 3.33. The summed E-state index contributed by atoms with van der Waals surface area (Å²) in [5.41, 5.74) is 4.44. The molecule has 7 heteroatoms. The molecule has 1 aromatic rings. The minimum Gasteiger partial charge on any atom is -0.480 e. The average molecular weight is 209 g/mol. The fraction of sp³-hybridized carbons (Fsp3) is 0.286. The van der Waals surface area contributed by atoms with E-state index in [-0.39, 0.29) is 0 Å². The highest BCUT2D eigenvalue weighted by Crippen LogP contribution is 2.34. The van der Waals surface area contributed by atoms with E-state index in [0.29, 0.717) is 0 Å². The standard InChI is InChI=1S/C7H6F3NO3/c8-7(9,10)5-3(1-2-14-5)4(11)6(12)13/h1-2,4H,11H2,(H,12,13). The van der Waals surface area contributed by atoms with Gasteiger partial charge in [-0.1, -0.05) is 0 Å². The lowest BCUT2D eigenvalue weighted by molar-refractivity contribution is -0.154. The lowest BCUT2D eigenvalue weighted by Crippen LogP contribution is -2.23. The molecule has 0 radical (unpaired) electrons. The molecule has 4 nitrogen and oxygen atoms in total. The molecule has 0 fully saturated rings. The van der Waals surface area contributed by atoms with Crippen LogP contribution in [0.3, 0.4) is 0 Å². The van der Waals surface area contributed by atoms with Crippen molar-refractivity contribution in [2.45, 2.75) is 12.2 Å². The smallest absolute Gasteiger partial charge is 0.449 e. The highest BCUT2D eigenvalue weighted by Gasteiger charge is 2.39. The van der Waals surface area contributed by atoms with Crippen LogP contribution in [0.25, 0.3) is 0 Å². The van der Waals surface area contributed by atoms with Crippen LogP contribution in [0.15, 0.2) is 16.7 Å². The van der Waals surface area contributed by atoms with E-state index in [2.05, 4.69) is 4.42 Å². The third-order valence-corrected chi connectivity index (χ3v) is 1.55. The van der Waals surface area contributed by atoms with Gasteiger partial charge in [0.05, 0.1) is 6.26 Å². The molecule has 1 atom stereocenters. The lowest BCUT2D eigenvalue weighted by Gasteiger charge is -2.08. The van der Waals surface area contributed by atoms with E-state index < -0.39 is 29.5 Å². The van der Waals surface area contributed by atoms with E-state index in [1.165, 1.54) is 0 Å². The fourth-order valence-corrected chi connectivity index (χ4v) is 0.928. The first-order valence-corrected chi connectivity index (χ1v) is 3.47. The number of aliphatic carboxylic acids is 1. The van der Waals surface area contributed by atoms with Gasteiger partial charge >= 0.3 is 12.1 Å². The van der Waals surface area contributed by atoms with E-state index in [0.717, 1.165) is 12.3 Å². The Morgan fingerprint density at radius 3 is 2.57 bits per heavy atom. The number of furan rings is 1. The lowest BCUT2D eigenvalue weighted by atomic mass is 10.1. The van der Waals surface area contributed by atoms with Gasteiger partial charge in [0.25, 0.3) is 0 Å². The van der Waals surface area contributed by atoms with Gasteiger partial charge in [0.1, 0.15) is 6.04 Å². The number of alkyl halides is 3. The van der Waals surface area contributed by atoms with Gasteiger partial charge in [-0.2, -0.15) is 13.2 Å². The second-order valence-electron chi connectivity index (χ2n) is 2.52. The van der Waals surface area contributed by atoms with Gasteiger partial charge in [-0.15, -0.1) is 0 Å². The number of nitrogens with two attached hydrogens (primary N) is 1. The van der Waals surface area contributed by atoms with E-state index >= 15 is 0 Å². The molecule has 1 heterocycles. The van der Waals surface area contributed by atoms with Crippen LogP contribution in [0.2, 0.25) is 0 Å².